The number of alkyl halides is 3. The van der Waals surface area contributed by atoms with Crippen molar-refractivity contribution in [2.24, 2.45) is 0 Å². The number of amides is 2. The molecule has 10 heteroatoms. The van der Waals surface area contributed by atoms with E-state index in [0.717, 1.165) is 16.6 Å². The maximum atomic E-state index is 13.2. The third-order valence-electron chi connectivity index (χ3n) is 3.99. The highest BCUT2D eigenvalue weighted by Crippen LogP contribution is 2.37. The topological polar surface area (TPSA) is 87.7 Å². The van der Waals surface area contributed by atoms with Crippen molar-refractivity contribution in [1.82, 2.24) is 0 Å². The summed E-state index contributed by atoms with van der Waals surface area (Å²) in [6, 6.07) is 13.9. The molecule has 0 aliphatic heterocycles. The molecular weight excluding hydrogens is 481 g/mol. The molecule has 0 heterocycles. The highest BCUT2D eigenvalue weighted by Gasteiger charge is 2.31. The van der Waals surface area contributed by atoms with Gasteiger partial charge in [-0.25, -0.2) is 9.59 Å². The third kappa shape index (κ3) is 5.76. The molecule has 0 unspecified atom stereocenters. The number of ether oxygens (including phenoxy) is 1. The summed E-state index contributed by atoms with van der Waals surface area (Å²) in [4.78, 5) is 23.7. The molecule has 3 rings (SSSR count). The van der Waals surface area contributed by atoms with Gasteiger partial charge >= 0.3 is 18.2 Å². The van der Waals surface area contributed by atoms with E-state index in [0.29, 0.717) is 11.8 Å². The maximum absolute atomic E-state index is 13.2. The first-order chi connectivity index (χ1) is 14.6. The van der Waals surface area contributed by atoms with Crippen LogP contribution in [-0.2, 0) is 6.18 Å². The van der Waals surface area contributed by atoms with Gasteiger partial charge in [0.2, 0.25) is 0 Å². The molecule has 0 aliphatic carbocycles. The van der Waals surface area contributed by atoms with Gasteiger partial charge in [-0.15, -0.1) is 0 Å². The van der Waals surface area contributed by atoms with E-state index in [1.54, 1.807) is 24.3 Å². The van der Waals surface area contributed by atoms with E-state index in [1.165, 1.54) is 24.3 Å². The lowest BCUT2D eigenvalue weighted by Crippen LogP contribution is -2.20. The zero-order valence-electron chi connectivity index (χ0n) is 15.5. The van der Waals surface area contributed by atoms with Crippen LogP contribution < -0.4 is 15.4 Å². The van der Waals surface area contributed by atoms with Crippen LogP contribution in [0.15, 0.2) is 71.2 Å². The number of para-hydroxylation sites is 1. The molecule has 0 bridgehead atoms. The van der Waals surface area contributed by atoms with E-state index in [2.05, 4.69) is 26.6 Å². The number of urea groups is 1. The van der Waals surface area contributed by atoms with Crippen molar-refractivity contribution in [2.75, 3.05) is 10.6 Å². The summed E-state index contributed by atoms with van der Waals surface area (Å²) in [5.41, 5.74) is -1.08. The fourth-order valence-corrected chi connectivity index (χ4v) is 2.83. The largest absolute Gasteiger partial charge is 0.478 e. The number of hydrogen-bond donors (Lipinski definition) is 3. The lowest BCUT2D eigenvalue weighted by molar-refractivity contribution is -0.137. The molecule has 3 N–H and O–H groups in total. The van der Waals surface area contributed by atoms with Crippen LogP contribution in [0.4, 0.5) is 29.3 Å². The number of nitrogens with one attached hydrogen (secondary N) is 2. The molecule has 0 fully saturated rings. The van der Waals surface area contributed by atoms with Crippen LogP contribution in [0.25, 0.3) is 0 Å². The highest BCUT2D eigenvalue weighted by molar-refractivity contribution is 9.10. The Balaban J connectivity index is 1.92. The summed E-state index contributed by atoms with van der Waals surface area (Å²) >= 11 is 3.26. The standard InChI is InChI=1S/C21H14BrF3N2O4/c22-13-6-8-14(9-7-13)26-20(30)27-16-11-12(21(23,24)25)5-10-18(16)31-17-4-2-1-3-15(17)19(28)29/h1-11H,(H,28,29)(H2,26,27,30). The summed E-state index contributed by atoms with van der Waals surface area (Å²) in [5, 5.41) is 14.1. The molecular formula is C21H14BrF3N2O4. The van der Waals surface area contributed by atoms with Gasteiger partial charge in [0.15, 0.2) is 5.75 Å². The minimum absolute atomic E-state index is 0.0915. The second kappa shape index (κ2) is 9.09. The van der Waals surface area contributed by atoms with Crippen molar-refractivity contribution in [1.29, 1.82) is 0 Å². The average molecular weight is 495 g/mol. The zero-order chi connectivity index (χ0) is 22.6. The minimum atomic E-state index is -4.66. The van der Waals surface area contributed by atoms with Crippen molar-refractivity contribution in [3.05, 3.63) is 82.3 Å². The van der Waals surface area contributed by atoms with Gasteiger partial charge < -0.3 is 20.5 Å². The van der Waals surface area contributed by atoms with Crippen LogP contribution >= 0.6 is 15.9 Å². The SMILES string of the molecule is O=C(Nc1ccc(Br)cc1)Nc1cc(C(F)(F)F)ccc1Oc1ccccc1C(=O)O. The van der Waals surface area contributed by atoms with Crippen LogP contribution in [0.5, 0.6) is 11.5 Å². The highest BCUT2D eigenvalue weighted by atomic mass is 79.9. The van der Waals surface area contributed by atoms with E-state index < -0.39 is 23.7 Å². The second-order valence-corrected chi connectivity index (χ2v) is 7.11. The van der Waals surface area contributed by atoms with Crippen molar-refractivity contribution in [3.8, 4) is 11.5 Å². The first-order valence-electron chi connectivity index (χ1n) is 8.68. The van der Waals surface area contributed by atoms with E-state index in [9.17, 15) is 27.9 Å². The number of carboxylic acids is 1. The Morgan fingerprint density at radius 1 is 0.903 bits per heavy atom. The van der Waals surface area contributed by atoms with Gasteiger partial charge in [0.1, 0.15) is 11.3 Å². The summed E-state index contributed by atoms with van der Waals surface area (Å²) in [6.45, 7) is 0. The zero-order valence-corrected chi connectivity index (χ0v) is 17.1. The Morgan fingerprint density at radius 3 is 2.23 bits per heavy atom. The van der Waals surface area contributed by atoms with Gasteiger partial charge in [-0.1, -0.05) is 28.1 Å². The lowest BCUT2D eigenvalue weighted by Gasteiger charge is -2.16. The normalized spacial score (nSPS) is 11.0. The van der Waals surface area contributed by atoms with Crippen LogP contribution in [0.1, 0.15) is 15.9 Å². The molecule has 3 aromatic rings. The number of benzene rings is 3. The quantitative estimate of drug-likeness (QED) is 0.372. The van der Waals surface area contributed by atoms with Gasteiger partial charge in [-0.3, -0.25) is 0 Å². The summed E-state index contributed by atoms with van der Waals surface area (Å²) in [7, 11) is 0. The summed E-state index contributed by atoms with van der Waals surface area (Å²) in [5.74, 6) is -1.52. The molecule has 0 saturated heterocycles. The minimum Gasteiger partial charge on any atom is -0.478 e. The molecule has 0 saturated carbocycles. The Bertz CT molecular complexity index is 1120. The number of carbonyl (C=O) groups excluding carboxylic acids is 1. The Morgan fingerprint density at radius 2 is 1.58 bits per heavy atom. The van der Waals surface area contributed by atoms with Gasteiger partial charge in [0, 0.05) is 10.2 Å². The molecule has 0 aliphatic rings. The second-order valence-electron chi connectivity index (χ2n) is 6.20. The van der Waals surface area contributed by atoms with Crippen molar-refractivity contribution < 1.29 is 32.6 Å². The number of hydrogen-bond acceptors (Lipinski definition) is 3. The van der Waals surface area contributed by atoms with Crippen molar-refractivity contribution in [2.45, 2.75) is 6.18 Å². The van der Waals surface area contributed by atoms with Gasteiger partial charge in [0.05, 0.1) is 11.3 Å². The van der Waals surface area contributed by atoms with Crippen molar-refractivity contribution in [3.63, 3.8) is 0 Å². The number of halogens is 4. The van der Waals surface area contributed by atoms with E-state index in [-0.39, 0.29) is 22.7 Å². The van der Waals surface area contributed by atoms with Crippen molar-refractivity contribution >= 4 is 39.3 Å². The molecule has 0 spiro atoms. The number of carbonyl (C=O) groups is 2. The lowest BCUT2D eigenvalue weighted by atomic mass is 10.1. The molecule has 0 radical (unpaired) electrons. The average Bonchev–Trinajstić information content (AvgIpc) is 2.70. The molecule has 2 amide bonds. The fraction of sp³-hybridized carbons (Fsp3) is 0.0476. The summed E-state index contributed by atoms with van der Waals surface area (Å²) < 4.78 is 45.8. The number of rotatable bonds is 5. The number of aromatic carboxylic acids is 1. The number of carboxylic acid groups (broad SMARTS) is 1. The Hall–Kier alpha value is -3.53. The smallest absolute Gasteiger partial charge is 0.416 e. The molecule has 3 aromatic carbocycles. The van der Waals surface area contributed by atoms with E-state index >= 15 is 0 Å². The van der Waals surface area contributed by atoms with Crippen LogP contribution in [0, 0.1) is 0 Å². The maximum Gasteiger partial charge on any atom is 0.416 e. The third-order valence-corrected chi connectivity index (χ3v) is 4.52. The molecule has 6 nitrogen and oxygen atoms in total. The predicted molar refractivity (Wildman–Crippen MR) is 112 cm³/mol. The van der Waals surface area contributed by atoms with Gasteiger partial charge in [0.25, 0.3) is 0 Å². The fourth-order valence-electron chi connectivity index (χ4n) is 2.56. The predicted octanol–water partition coefficient (Wildman–Crippen LogP) is 6.60. The van der Waals surface area contributed by atoms with E-state index in [4.69, 9.17) is 4.74 Å². The Labute approximate surface area is 182 Å². The molecule has 160 valence electrons. The number of anilines is 2. The van der Waals surface area contributed by atoms with Crippen LogP contribution in [0.3, 0.4) is 0 Å². The molecule has 0 atom stereocenters. The Kier molecular flexibility index (Phi) is 6.50. The van der Waals surface area contributed by atoms with Crippen LogP contribution in [-0.4, -0.2) is 17.1 Å². The molecule has 0 aromatic heterocycles. The first kappa shape index (κ1) is 22.2. The first-order valence-corrected chi connectivity index (χ1v) is 9.48. The van der Waals surface area contributed by atoms with Gasteiger partial charge in [-0.2, -0.15) is 13.2 Å². The van der Waals surface area contributed by atoms with Crippen LogP contribution in [0.2, 0.25) is 0 Å². The monoisotopic (exact) mass is 494 g/mol. The van der Waals surface area contributed by atoms with Gasteiger partial charge in [-0.05, 0) is 54.6 Å². The summed E-state index contributed by atoms with van der Waals surface area (Å²) in [6.07, 6.45) is -4.66. The van der Waals surface area contributed by atoms with E-state index in [1.807, 2.05) is 0 Å². The molecule has 31 heavy (non-hydrogen) atoms.